The molecule has 0 aliphatic heterocycles. The van der Waals surface area contributed by atoms with E-state index in [1.807, 2.05) is 6.92 Å². The topological polar surface area (TPSA) is 66.4 Å². The Morgan fingerprint density at radius 3 is 2.41 bits per heavy atom. The number of thiophene rings is 1. The second kappa shape index (κ2) is 5.06. The lowest BCUT2D eigenvalue weighted by Gasteiger charge is -2.24. The van der Waals surface area contributed by atoms with Gasteiger partial charge in [0.1, 0.15) is 0 Å². The van der Waals surface area contributed by atoms with E-state index < -0.39 is 15.6 Å². The molecule has 4 nitrogen and oxygen atoms in total. The smallest absolute Gasteiger partial charge is 0.242 e. The molecular weight excluding hydrogens is 258 g/mol. The molecule has 17 heavy (non-hydrogen) atoms. The molecule has 1 aromatic heterocycles. The van der Waals surface area contributed by atoms with Crippen LogP contribution in [0.5, 0.6) is 0 Å². The molecule has 0 radical (unpaired) electrons. The highest BCUT2D eigenvalue weighted by Crippen LogP contribution is 2.26. The van der Waals surface area contributed by atoms with Gasteiger partial charge in [0, 0.05) is 21.9 Å². The van der Waals surface area contributed by atoms with Crippen molar-refractivity contribution in [3.63, 3.8) is 0 Å². The Morgan fingerprint density at radius 1 is 1.41 bits per heavy atom. The first-order valence-electron chi connectivity index (χ1n) is 5.40. The normalized spacial score (nSPS) is 13.0. The van der Waals surface area contributed by atoms with Crippen molar-refractivity contribution in [2.24, 2.45) is 0 Å². The molecule has 98 valence electrons. The maximum absolute atomic E-state index is 12.2. The average Bonchev–Trinajstić information content (AvgIpc) is 2.43. The quantitative estimate of drug-likeness (QED) is 0.862. The number of hydrogen-bond donors (Lipinski definition) is 2. The van der Waals surface area contributed by atoms with E-state index in [-0.39, 0.29) is 6.61 Å². The maximum Gasteiger partial charge on any atom is 0.242 e. The van der Waals surface area contributed by atoms with E-state index >= 15 is 0 Å². The number of sulfonamides is 1. The standard InChI is InChI=1S/C11H19NO3S2/c1-8-7-10(9(2)16-8)17(14,15)12-11(3,4)5-6-13/h7,12-13H,5-6H2,1-4H3. The van der Waals surface area contributed by atoms with Gasteiger partial charge < -0.3 is 5.11 Å². The predicted octanol–water partition coefficient (Wildman–Crippen LogP) is 1.80. The fourth-order valence-corrected chi connectivity index (χ4v) is 4.62. The minimum atomic E-state index is -3.50. The second-order valence-electron chi connectivity index (χ2n) is 4.74. The van der Waals surface area contributed by atoms with E-state index in [0.29, 0.717) is 11.3 Å². The van der Waals surface area contributed by atoms with Crippen molar-refractivity contribution in [3.8, 4) is 0 Å². The zero-order chi connectivity index (χ0) is 13.3. The zero-order valence-corrected chi connectivity index (χ0v) is 12.2. The Morgan fingerprint density at radius 2 is 2.00 bits per heavy atom. The van der Waals surface area contributed by atoms with Gasteiger partial charge in [0.15, 0.2) is 0 Å². The Kier molecular flexibility index (Phi) is 4.35. The highest BCUT2D eigenvalue weighted by molar-refractivity contribution is 7.89. The minimum absolute atomic E-state index is 0.0445. The lowest BCUT2D eigenvalue weighted by atomic mass is 10.0. The average molecular weight is 277 g/mol. The number of hydrogen-bond acceptors (Lipinski definition) is 4. The van der Waals surface area contributed by atoms with E-state index in [0.717, 1.165) is 9.75 Å². The zero-order valence-electron chi connectivity index (χ0n) is 10.6. The van der Waals surface area contributed by atoms with E-state index in [4.69, 9.17) is 5.11 Å². The van der Waals surface area contributed by atoms with Crippen LogP contribution in [-0.2, 0) is 10.0 Å². The Hall–Kier alpha value is -0.430. The van der Waals surface area contributed by atoms with Gasteiger partial charge in [-0.05, 0) is 40.2 Å². The third-order valence-electron chi connectivity index (χ3n) is 2.43. The molecule has 1 rings (SSSR count). The highest BCUT2D eigenvalue weighted by Gasteiger charge is 2.27. The van der Waals surface area contributed by atoms with Crippen LogP contribution in [0.4, 0.5) is 0 Å². The first-order valence-corrected chi connectivity index (χ1v) is 7.70. The summed E-state index contributed by atoms with van der Waals surface area (Å²) in [6.07, 6.45) is 0.383. The summed E-state index contributed by atoms with van der Waals surface area (Å²) in [5, 5.41) is 8.90. The molecule has 6 heteroatoms. The summed E-state index contributed by atoms with van der Waals surface area (Å²) < 4.78 is 27.0. The molecule has 0 fully saturated rings. The molecule has 1 aromatic rings. The van der Waals surface area contributed by atoms with Crippen LogP contribution in [0.1, 0.15) is 30.0 Å². The van der Waals surface area contributed by atoms with Crippen molar-refractivity contribution < 1.29 is 13.5 Å². The van der Waals surface area contributed by atoms with Crippen molar-refractivity contribution in [2.75, 3.05) is 6.61 Å². The van der Waals surface area contributed by atoms with Crippen molar-refractivity contribution in [1.82, 2.24) is 4.72 Å². The van der Waals surface area contributed by atoms with E-state index in [2.05, 4.69) is 4.72 Å². The van der Waals surface area contributed by atoms with Crippen LogP contribution in [0.15, 0.2) is 11.0 Å². The molecule has 0 bridgehead atoms. The number of aliphatic hydroxyl groups excluding tert-OH is 1. The largest absolute Gasteiger partial charge is 0.396 e. The SMILES string of the molecule is Cc1cc(S(=O)(=O)NC(C)(C)CCO)c(C)s1. The summed E-state index contributed by atoms with van der Waals surface area (Å²) in [5.41, 5.74) is -0.643. The maximum atomic E-state index is 12.2. The van der Waals surface area contributed by atoms with Gasteiger partial charge in [-0.1, -0.05) is 0 Å². The van der Waals surface area contributed by atoms with Crippen LogP contribution in [0, 0.1) is 13.8 Å². The van der Waals surface area contributed by atoms with Crippen LogP contribution < -0.4 is 4.72 Å². The summed E-state index contributed by atoms with van der Waals surface area (Å²) >= 11 is 1.47. The monoisotopic (exact) mass is 277 g/mol. The molecule has 0 spiro atoms. The molecule has 0 unspecified atom stereocenters. The van der Waals surface area contributed by atoms with Crippen molar-refractivity contribution in [2.45, 2.75) is 44.6 Å². The van der Waals surface area contributed by atoms with Gasteiger partial charge in [-0.3, -0.25) is 0 Å². The van der Waals surface area contributed by atoms with E-state index in [1.165, 1.54) is 11.3 Å². The molecule has 0 saturated heterocycles. The number of nitrogens with one attached hydrogen (secondary N) is 1. The van der Waals surface area contributed by atoms with Gasteiger partial charge in [0.25, 0.3) is 0 Å². The summed E-state index contributed by atoms with van der Waals surface area (Å²) in [7, 11) is -3.50. The second-order valence-corrected chi connectivity index (χ2v) is 7.85. The Labute approximate surface area is 107 Å². The van der Waals surface area contributed by atoms with Gasteiger partial charge in [0.05, 0.1) is 4.90 Å². The van der Waals surface area contributed by atoms with Crippen LogP contribution in [0.3, 0.4) is 0 Å². The molecule has 2 N–H and O–H groups in total. The van der Waals surface area contributed by atoms with Gasteiger partial charge in [-0.15, -0.1) is 11.3 Å². The van der Waals surface area contributed by atoms with Crippen molar-refractivity contribution in [1.29, 1.82) is 0 Å². The molecule has 1 heterocycles. The summed E-state index contributed by atoms with van der Waals surface area (Å²) in [6, 6.07) is 1.68. The summed E-state index contributed by atoms with van der Waals surface area (Å²) in [6.45, 7) is 7.16. The van der Waals surface area contributed by atoms with Crippen molar-refractivity contribution >= 4 is 21.4 Å². The molecule has 0 aliphatic rings. The van der Waals surface area contributed by atoms with Crippen LogP contribution in [0.2, 0.25) is 0 Å². The minimum Gasteiger partial charge on any atom is -0.396 e. The van der Waals surface area contributed by atoms with Crippen LogP contribution in [-0.4, -0.2) is 25.7 Å². The third kappa shape index (κ3) is 3.77. The lowest BCUT2D eigenvalue weighted by Crippen LogP contribution is -2.43. The lowest BCUT2D eigenvalue weighted by molar-refractivity contribution is 0.246. The number of rotatable bonds is 5. The van der Waals surface area contributed by atoms with Gasteiger partial charge >= 0.3 is 0 Å². The summed E-state index contributed by atoms with van der Waals surface area (Å²) in [5.74, 6) is 0. The first kappa shape index (κ1) is 14.6. The molecule has 0 amide bonds. The fraction of sp³-hybridized carbons (Fsp3) is 0.636. The molecular formula is C11H19NO3S2. The first-order chi connectivity index (χ1) is 7.68. The molecule has 0 atom stereocenters. The van der Waals surface area contributed by atoms with Crippen LogP contribution >= 0.6 is 11.3 Å². The highest BCUT2D eigenvalue weighted by atomic mass is 32.2. The Bertz CT molecular complexity index is 489. The molecule has 0 saturated carbocycles. The fourth-order valence-electron chi connectivity index (χ4n) is 1.62. The Balaban J connectivity index is 3.01. The van der Waals surface area contributed by atoms with Gasteiger partial charge in [-0.2, -0.15) is 0 Å². The number of aliphatic hydroxyl groups is 1. The van der Waals surface area contributed by atoms with Crippen molar-refractivity contribution in [3.05, 3.63) is 15.8 Å². The van der Waals surface area contributed by atoms with Gasteiger partial charge in [-0.25, -0.2) is 13.1 Å². The van der Waals surface area contributed by atoms with Gasteiger partial charge in [0.2, 0.25) is 10.0 Å². The third-order valence-corrected chi connectivity index (χ3v) is 5.35. The summed E-state index contributed by atoms with van der Waals surface area (Å²) in [4.78, 5) is 2.10. The van der Waals surface area contributed by atoms with E-state index in [1.54, 1.807) is 26.8 Å². The molecule has 0 aliphatic carbocycles. The number of aryl methyl sites for hydroxylation is 2. The molecule has 0 aromatic carbocycles. The van der Waals surface area contributed by atoms with E-state index in [9.17, 15) is 8.42 Å². The predicted molar refractivity (Wildman–Crippen MR) is 69.9 cm³/mol. The van der Waals surface area contributed by atoms with Crippen LogP contribution in [0.25, 0.3) is 0 Å².